The van der Waals surface area contributed by atoms with Crippen LogP contribution in [-0.2, 0) is 11.2 Å². The van der Waals surface area contributed by atoms with E-state index in [2.05, 4.69) is 48.8 Å². The number of nitrogens with one attached hydrogen (secondary N) is 4. The van der Waals surface area contributed by atoms with Crippen LogP contribution < -0.4 is 16.0 Å². The number of piperidine rings is 1. The average molecular weight is 473 g/mol. The first-order valence-electron chi connectivity index (χ1n) is 10.1. The number of aromatic nitrogens is 3. The number of carbonyl (C=O) groups excluding carboxylic acids is 1. The molecule has 8 nitrogen and oxygen atoms in total. The Morgan fingerprint density at radius 1 is 1.40 bits per heavy atom. The van der Waals surface area contributed by atoms with E-state index in [-0.39, 0.29) is 0 Å². The summed E-state index contributed by atoms with van der Waals surface area (Å²) in [7, 11) is 1.34. The van der Waals surface area contributed by atoms with Gasteiger partial charge in [-0.15, -0.1) is 0 Å². The lowest BCUT2D eigenvalue weighted by molar-refractivity contribution is 0.187. The fourth-order valence-corrected chi connectivity index (χ4v) is 4.30. The SMILES string of the molecule is CCc1cnc(NC2CCCNC2)nc1-c1c[nH]c2c(Br)c(NC(=O)OC)ccc12. The molecule has 1 saturated heterocycles. The van der Waals surface area contributed by atoms with Crippen LogP contribution >= 0.6 is 15.9 Å². The van der Waals surface area contributed by atoms with Crippen LogP contribution in [0.2, 0.25) is 0 Å². The molecular weight excluding hydrogens is 448 g/mol. The van der Waals surface area contributed by atoms with E-state index in [1.165, 1.54) is 7.11 Å². The fraction of sp³-hybridized carbons (Fsp3) is 0.381. The van der Waals surface area contributed by atoms with E-state index in [0.717, 1.165) is 64.5 Å². The van der Waals surface area contributed by atoms with Crippen molar-refractivity contribution >= 4 is 44.6 Å². The number of anilines is 2. The van der Waals surface area contributed by atoms with Crippen molar-refractivity contribution in [2.24, 2.45) is 0 Å². The van der Waals surface area contributed by atoms with E-state index >= 15 is 0 Å². The van der Waals surface area contributed by atoms with E-state index in [1.807, 2.05) is 24.5 Å². The van der Waals surface area contributed by atoms with Crippen LogP contribution in [0.3, 0.4) is 0 Å². The summed E-state index contributed by atoms with van der Waals surface area (Å²) < 4.78 is 5.45. The molecule has 0 saturated carbocycles. The second-order valence-corrected chi connectivity index (χ2v) is 8.07. The molecule has 30 heavy (non-hydrogen) atoms. The van der Waals surface area contributed by atoms with Gasteiger partial charge in [0.1, 0.15) is 0 Å². The molecule has 1 amide bonds. The maximum Gasteiger partial charge on any atom is 0.411 e. The van der Waals surface area contributed by atoms with Gasteiger partial charge >= 0.3 is 6.09 Å². The minimum atomic E-state index is -0.515. The van der Waals surface area contributed by atoms with E-state index in [4.69, 9.17) is 9.72 Å². The molecule has 1 fully saturated rings. The molecule has 1 unspecified atom stereocenters. The maximum absolute atomic E-state index is 11.6. The molecule has 1 aliphatic rings. The summed E-state index contributed by atoms with van der Waals surface area (Å²) in [4.78, 5) is 24.3. The van der Waals surface area contributed by atoms with Crippen molar-refractivity contribution in [2.45, 2.75) is 32.2 Å². The van der Waals surface area contributed by atoms with Gasteiger partial charge in [0.05, 0.1) is 28.5 Å². The summed E-state index contributed by atoms with van der Waals surface area (Å²) in [5, 5.41) is 10.6. The quantitative estimate of drug-likeness (QED) is 0.441. The number of H-pyrrole nitrogens is 1. The summed E-state index contributed by atoms with van der Waals surface area (Å²) >= 11 is 3.59. The van der Waals surface area contributed by atoms with Crippen LogP contribution in [0.15, 0.2) is 29.0 Å². The zero-order valence-corrected chi connectivity index (χ0v) is 18.6. The number of hydrogen-bond acceptors (Lipinski definition) is 6. The van der Waals surface area contributed by atoms with E-state index < -0.39 is 6.09 Å². The van der Waals surface area contributed by atoms with Crippen LogP contribution in [0.5, 0.6) is 0 Å². The molecule has 3 heterocycles. The van der Waals surface area contributed by atoms with Gasteiger partial charge in [0.2, 0.25) is 5.95 Å². The number of methoxy groups -OCH3 is 1. The van der Waals surface area contributed by atoms with Crippen molar-refractivity contribution in [3.05, 3.63) is 34.6 Å². The third-order valence-corrected chi connectivity index (χ3v) is 6.17. The van der Waals surface area contributed by atoms with Crippen LogP contribution in [0.4, 0.5) is 16.4 Å². The molecule has 0 aliphatic carbocycles. The Kier molecular flexibility index (Phi) is 6.19. The van der Waals surface area contributed by atoms with Crippen molar-refractivity contribution in [1.82, 2.24) is 20.3 Å². The lowest BCUT2D eigenvalue weighted by Crippen LogP contribution is -2.38. The molecule has 1 aliphatic heterocycles. The first-order chi connectivity index (χ1) is 14.6. The summed E-state index contributed by atoms with van der Waals surface area (Å²) in [6, 6.07) is 4.15. The summed E-state index contributed by atoms with van der Waals surface area (Å²) in [5.41, 5.74) is 4.50. The third kappa shape index (κ3) is 4.13. The topological polar surface area (TPSA) is 104 Å². The Labute approximate surface area is 183 Å². The second-order valence-electron chi connectivity index (χ2n) is 7.28. The van der Waals surface area contributed by atoms with Gasteiger partial charge in [0.15, 0.2) is 0 Å². The Morgan fingerprint density at radius 3 is 3.00 bits per heavy atom. The lowest BCUT2D eigenvalue weighted by atomic mass is 10.0. The van der Waals surface area contributed by atoms with Gasteiger partial charge in [-0.05, 0) is 53.4 Å². The highest BCUT2D eigenvalue weighted by atomic mass is 79.9. The van der Waals surface area contributed by atoms with E-state index in [1.54, 1.807) is 0 Å². The molecule has 0 bridgehead atoms. The fourth-order valence-electron chi connectivity index (χ4n) is 3.74. The highest BCUT2D eigenvalue weighted by molar-refractivity contribution is 9.10. The summed E-state index contributed by atoms with van der Waals surface area (Å²) in [5.74, 6) is 0.647. The third-order valence-electron chi connectivity index (χ3n) is 5.35. The van der Waals surface area contributed by atoms with Crippen molar-refractivity contribution in [1.29, 1.82) is 0 Å². The number of fused-ring (bicyclic) bond motifs is 1. The molecule has 9 heteroatoms. The number of aryl methyl sites for hydroxylation is 1. The number of amides is 1. The normalized spacial score (nSPS) is 16.4. The van der Waals surface area contributed by atoms with Gasteiger partial charge in [-0.3, -0.25) is 5.32 Å². The number of rotatable bonds is 5. The number of halogens is 1. The first kappa shape index (κ1) is 20.6. The molecule has 0 radical (unpaired) electrons. The minimum Gasteiger partial charge on any atom is -0.453 e. The second kappa shape index (κ2) is 9.01. The largest absolute Gasteiger partial charge is 0.453 e. The molecule has 2 aromatic heterocycles. The number of ether oxygens (including phenoxy) is 1. The predicted molar refractivity (Wildman–Crippen MR) is 122 cm³/mol. The number of aromatic amines is 1. The molecule has 4 rings (SSSR count). The Hall–Kier alpha value is -2.65. The standard InChI is InChI=1S/C21H25BrN6O2/c1-3-12-9-25-20(26-13-5-4-8-23-10-13)28-18(12)15-11-24-19-14(15)6-7-16(17(19)22)27-21(29)30-2/h6-7,9,11,13,23-24H,3-5,8,10H2,1-2H3,(H,27,29)(H,25,26,28). The average Bonchev–Trinajstić information content (AvgIpc) is 3.21. The highest BCUT2D eigenvalue weighted by Gasteiger charge is 2.18. The van der Waals surface area contributed by atoms with Gasteiger partial charge in [-0.25, -0.2) is 14.8 Å². The Bertz CT molecular complexity index is 1060. The van der Waals surface area contributed by atoms with Gasteiger partial charge in [0, 0.05) is 35.9 Å². The lowest BCUT2D eigenvalue weighted by Gasteiger charge is -2.24. The van der Waals surface area contributed by atoms with Crippen molar-refractivity contribution in [3.63, 3.8) is 0 Å². The molecule has 4 N–H and O–H groups in total. The van der Waals surface area contributed by atoms with Crippen molar-refractivity contribution in [2.75, 3.05) is 30.8 Å². The monoisotopic (exact) mass is 472 g/mol. The molecule has 0 spiro atoms. The van der Waals surface area contributed by atoms with Crippen LogP contribution in [-0.4, -0.2) is 47.3 Å². The van der Waals surface area contributed by atoms with Crippen LogP contribution in [0.25, 0.3) is 22.2 Å². The minimum absolute atomic E-state index is 0.336. The molecule has 158 valence electrons. The van der Waals surface area contributed by atoms with E-state index in [0.29, 0.717) is 17.7 Å². The van der Waals surface area contributed by atoms with Gasteiger partial charge in [-0.2, -0.15) is 0 Å². The zero-order valence-electron chi connectivity index (χ0n) is 17.0. The summed E-state index contributed by atoms with van der Waals surface area (Å²) in [6.45, 7) is 4.09. The Morgan fingerprint density at radius 2 is 2.27 bits per heavy atom. The maximum atomic E-state index is 11.6. The molecule has 1 aromatic carbocycles. The number of nitrogens with zero attached hydrogens (tertiary/aromatic N) is 2. The van der Waals surface area contributed by atoms with Crippen molar-refractivity contribution in [3.8, 4) is 11.3 Å². The number of benzene rings is 1. The first-order valence-corrected chi connectivity index (χ1v) is 10.9. The van der Waals surface area contributed by atoms with Gasteiger partial charge in [0.25, 0.3) is 0 Å². The Balaban J connectivity index is 1.70. The van der Waals surface area contributed by atoms with Crippen molar-refractivity contribution < 1.29 is 9.53 Å². The van der Waals surface area contributed by atoms with Gasteiger partial charge < -0.3 is 20.4 Å². The van der Waals surface area contributed by atoms with Crippen LogP contribution in [0.1, 0.15) is 25.3 Å². The highest BCUT2D eigenvalue weighted by Crippen LogP contribution is 2.37. The predicted octanol–water partition coefficient (Wildman–Crippen LogP) is 4.29. The van der Waals surface area contributed by atoms with Crippen LogP contribution in [0, 0.1) is 0 Å². The number of carbonyl (C=O) groups is 1. The molecule has 1 atom stereocenters. The van der Waals surface area contributed by atoms with Gasteiger partial charge in [-0.1, -0.05) is 13.0 Å². The molecular formula is C21H25BrN6O2. The zero-order chi connectivity index (χ0) is 21.1. The smallest absolute Gasteiger partial charge is 0.411 e. The van der Waals surface area contributed by atoms with E-state index in [9.17, 15) is 4.79 Å². The summed E-state index contributed by atoms with van der Waals surface area (Å²) in [6.07, 6.45) is 6.43. The molecule has 3 aromatic rings. The number of hydrogen-bond donors (Lipinski definition) is 4.